The van der Waals surface area contributed by atoms with Gasteiger partial charge < -0.3 is 15.4 Å². The standard InChI is InChI=1S/C15H18N2O3/c16-14(18)8-5-12-3-6-13(7-4-12)20-11-15(19)17-9-1-2-10-17/h3-8H,1-2,9-11H2,(H2,16,18)/b8-5-. The molecule has 5 heteroatoms. The van der Waals surface area contributed by atoms with Crippen LogP contribution in [0.3, 0.4) is 0 Å². The quantitative estimate of drug-likeness (QED) is 0.820. The molecule has 5 nitrogen and oxygen atoms in total. The Morgan fingerprint density at radius 1 is 1.20 bits per heavy atom. The van der Waals surface area contributed by atoms with E-state index >= 15 is 0 Å². The van der Waals surface area contributed by atoms with Crippen molar-refractivity contribution in [3.05, 3.63) is 35.9 Å². The van der Waals surface area contributed by atoms with E-state index in [0.29, 0.717) is 5.75 Å². The first-order chi connectivity index (χ1) is 9.65. The van der Waals surface area contributed by atoms with Gasteiger partial charge in [0.2, 0.25) is 5.91 Å². The zero-order valence-corrected chi connectivity index (χ0v) is 11.2. The van der Waals surface area contributed by atoms with Crippen LogP contribution in [0.15, 0.2) is 30.3 Å². The van der Waals surface area contributed by atoms with Gasteiger partial charge >= 0.3 is 0 Å². The second-order valence-corrected chi connectivity index (χ2v) is 4.68. The Morgan fingerprint density at radius 2 is 1.85 bits per heavy atom. The van der Waals surface area contributed by atoms with E-state index in [2.05, 4.69) is 0 Å². The zero-order chi connectivity index (χ0) is 14.4. The van der Waals surface area contributed by atoms with Crippen LogP contribution >= 0.6 is 0 Å². The minimum Gasteiger partial charge on any atom is -0.484 e. The van der Waals surface area contributed by atoms with Gasteiger partial charge in [-0.3, -0.25) is 9.59 Å². The topological polar surface area (TPSA) is 72.6 Å². The van der Waals surface area contributed by atoms with Crippen molar-refractivity contribution in [1.29, 1.82) is 0 Å². The third-order valence-corrected chi connectivity index (χ3v) is 3.14. The van der Waals surface area contributed by atoms with Crippen LogP contribution in [0.5, 0.6) is 5.75 Å². The van der Waals surface area contributed by atoms with Crippen molar-refractivity contribution in [2.45, 2.75) is 12.8 Å². The fraction of sp³-hybridized carbons (Fsp3) is 0.333. The Morgan fingerprint density at radius 3 is 2.45 bits per heavy atom. The lowest BCUT2D eigenvalue weighted by atomic mass is 10.2. The summed E-state index contributed by atoms with van der Waals surface area (Å²) >= 11 is 0. The first-order valence-electron chi connectivity index (χ1n) is 6.63. The molecule has 1 aromatic carbocycles. The zero-order valence-electron chi connectivity index (χ0n) is 11.2. The summed E-state index contributed by atoms with van der Waals surface area (Å²) in [6.45, 7) is 1.73. The van der Waals surface area contributed by atoms with Crippen molar-refractivity contribution in [2.75, 3.05) is 19.7 Å². The van der Waals surface area contributed by atoms with Gasteiger partial charge in [-0.1, -0.05) is 12.1 Å². The maximum absolute atomic E-state index is 11.8. The molecule has 0 saturated carbocycles. The van der Waals surface area contributed by atoms with Gasteiger partial charge in [-0.25, -0.2) is 0 Å². The molecule has 2 rings (SSSR count). The van der Waals surface area contributed by atoms with E-state index < -0.39 is 5.91 Å². The van der Waals surface area contributed by atoms with Gasteiger partial charge in [-0.2, -0.15) is 0 Å². The molecule has 20 heavy (non-hydrogen) atoms. The van der Waals surface area contributed by atoms with Crippen molar-refractivity contribution in [3.63, 3.8) is 0 Å². The Labute approximate surface area is 118 Å². The third kappa shape index (κ3) is 4.12. The molecule has 1 saturated heterocycles. The minimum absolute atomic E-state index is 0.0280. The smallest absolute Gasteiger partial charge is 0.260 e. The Kier molecular flexibility index (Phi) is 4.76. The molecule has 2 amide bonds. The predicted molar refractivity (Wildman–Crippen MR) is 76.0 cm³/mol. The van der Waals surface area contributed by atoms with Gasteiger partial charge in [0.25, 0.3) is 5.91 Å². The Hall–Kier alpha value is -2.30. The summed E-state index contributed by atoms with van der Waals surface area (Å²) in [7, 11) is 0. The van der Waals surface area contributed by atoms with Gasteiger partial charge in [-0.05, 0) is 36.6 Å². The molecule has 0 radical (unpaired) electrons. The van der Waals surface area contributed by atoms with Crippen LogP contribution in [0, 0.1) is 0 Å². The summed E-state index contributed by atoms with van der Waals surface area (Å²) in [5.41, 5.74) is 5.87. The first-order valence-corrected chi connectivity index (χ1v) is 6.63. The molecular weight excluding hydrogens is 256 g/mol. The van der Waals surface area contributed by atoms with Gasteiger partial charge in [-0.15, -0.1) is 0 Å². The van der Waals surface area contributed by atoms with Crippen molar-refractivity contribution in [2.24, 2.45) is 5.73 Å². The van der Waals surface area contributed by atoms with Crippen LogP contribution in [-0.4, -0.2) is 36.4 Å². The second kappa shape index (κ2) is 6.75. The number of benzene rings is 1. The SMILES string of the molecule is NC(=O)/C=C\c1ccc(OCC(=O)N2CCCC2)cc1. The number of primary amides is 1. The highest BCUT2D eigenvalue weighted by Gasteiger charge is 2.17. The molecule has 0 spiro atoms. The normalized spacial score (nSPS) is 14.7. The monoisotopic (exact) mass is 274 g/mol. The molecule has 2 N–H and O–H groups in total. The van der Waals surface area contributed by atoms with E-state index in [1.165, 1.54) is 6.08 Å². The Balaban J connectivity index is 1.84. The molecule has 106 valence electrons. The number of ether oxygens (including phenoxy) is 1. The molecule has 1 heterocycles. The highest BCUT2D eigenvalue weighted by Crippen LogP contribution is 2.14. The summed E-state index contributed by atoms with van der Waals surface area (Å²) < 4.78 is 5.45. The average molecular weight is 274 g/mol. The molecular formula is C15H18N2O3. The molecule has 0 aliphatic carbocycles. The summed E-state index contributed by atoms with van der Waals surface area (Å²) in [5.74, 6) is 0.176. The third-order valence-electron chi connectivity index (χ3n) is 3.14. The molecule has 0 unspecified atom stereocenters. The lowest BCUT2D eigenvalue weighted by Gasteiger charge is -2.15. The molecule has 0 aromatic heterocycles. The Bertz CT molecular complexity index is 502. The van der Waals surface area contributed by atoms with Crippen molar-refractivity contribution in [1.82, 2.24) is 4.90 Å². The number of hydrogen-bond donors (Lipinski definition) is 1. The van der Waals surface area contributed by atoms with E-state index in [0.717, 1.165) is 31.5 Å². The van der Waals surface area contributed by atoms with E-state index in [1.54, 1.807) is 30.3 Å². The van der Waals surface area contributed by atoms with Crippen molar-refractivity contribution >= 4 is 17.9 Å². The molecule has 1 aliphatic heterocycles. The fourth-order valence-electron chi connectivity index (χ4n) is 2.06. The number of carbonyl (C=O) groups excluding carboxylic acids is 2. The number of amides is 2. The highest BCUT2D eigenvalue weighted by molar-refractivity contribution is 5.90. The predicted octanol–water partition coefficient (Wildman–Crippen LogP) is 1.19. The minimum atomic E-state index is -0.485. The highest BCUT2D eigenvalue weighted by atomic mass is 16.5. The van der Waals surface area contributed by atoms with E-state index in [1.807, 2.05) is 4.90 Å². The van der Waals surface area contributed by atoms with E-state index in [9.17, 15) is 9.59 Å². The fourth-order valence-corrected chi connectivity index (χ4v) is 2.06. The number of rotatable bonds is 5. The van der Waals surface area contributed by atoms with Crippen molar-refractivity contribution in [3.8, 4) is 5.75 Å². The molecule has 1 aliphatic rings. The van der Waals surface area contributed by atoms with Crippen LogP contribution in [-0.2, 0) is 9.59 Å². The van der Waals surface area contributed by atoms with Crippen LogP contribution in [0.1, 0.15) is 18.4 Å². The van der Waals surface area contributed by atoms with Gasteiger partial charge in [0.05, 0.1) is 0 Å². The van der Waals surface area contributed by atoms with Crippen LogP contribution in [0.4, 0.5) is 0 Å². The lowest BCUT2D eigenvalue weighted by Crippen LogP contribution is -2.32. The van der Waals surface area contributed by atoms with E-state index in [4.69, 9.17) is 10.5 Å². The first kappa shape index (κ1) is 14.1. The number of nitrogens with two attached hydrogens (primary N) is 1. The van der Waals surface area contributed by atoms with Crippen molar-refractivity contribution < 1.29 is 14.3 Å². The van der Waals surface area contributed by atoms with Crippen LogP contribution < -0.4 is 10.5 Å². The molecule has 0 bridgehead atoms. The maximum Gasteiger partial charge on any atom is 0.260 e. The van der Waals surface area contributed by atoms with E-state index in [-0.39, 0.29) is 12.5 Å². The van der Waals surface area contributed by atoms with Gasteiger partial charge in [0.15, 0.2) is 6.61 Å². The summed E-state index contributed by atoms with van der Waals surface area (Å²) in [5, 5.41) is 0. The number of carbonyl (C=O) groups is 2. The lowest BCUT2D eigenvalue weighted by molar-refractivity contribution is -0.132. The molecule has 0 atom stereocenters. The number of hydrogen-bond acceptors (Lipinski definition) is 3. The van der Waals surface area contributed by atoms with Gasteiger partial charge in [0.1, 0.15) is 5.75 Å². The van der Waals surface area contributed by atoms with Crippen LogP contribution in [0.25, 0.3) is 6.08 Å². The number of likely N-dealkylation sites (tertiary alicyclic amines) is 1. The largest absolute Gasteiger partial charge is 0.484 e. The second-order valence-electron chi connectivity index (χ2n) is 4.68. The summed E-state index contributed by atoms with van der Waals surface area (Å²) in [6.07, 6.45) is 5.08. The molecule has 1 fully saturated rings. The summed E-state index contributed by atoms with van der Waals surface area (Å²) in [4.78, 5) is 24.2. The molecule has 1 aromatic rings. The average Bonchev–Trinajstić information content (AvgIpc) is 2.98. The van der Waals surface area contributed by atoms with Crippen LogP contribution in [0.2, 0.25) is 0 Å². The summed E-state index contributed by atoms with van der Waals surface area (Å²) in [6, 6.07) is 7.13. The maximum atomic E-state index is 11.8. The number of nitrogens with zero attached hydrogens (tertiary/aromatic N) is 1. The van der Waals surface area contributed by atoms with Gasteiger partial charge in [0, 0.05) is 19.2 Å².